The summed E-state index contributed by atoms with van der Waals surface area (Å²) in [5.41, 5.74) is 6.86. The van der Waals surface area contributed by atoms with E-state index in [-0.39, 0.29) is 0 Å². The largest absolute Gasteiger partial charge is 0.465 e. The Morgan fingerprint density at radius 2 is 2.26 bits per heavy atom. The molecule has 2 unspecified atom stereocenters. The van der Waals surface area contributed by atoms with Gasteiger partial charge >= 0.3 is 0 Å². The number of aryl methyl sites for hydroxylation is 1. The van der Waals surface area contributed by atoms with E-state index in [0.29, 0.717) is 12.6 Å². The summed E-state index contributed by atoms with van der Waals surface area (Å²) >= 11 is 0. The predicted octanol–water partition coefficient (Wildman–Crippen LogP) is 1.72. The van der Waals surface area contributed by atoms with Gasteiger partial charge in [-0.15, -0.1) is 0 Å². The maximum atomic E-state index is 5.83. The van der Waals surface area contributed by atoms with Crippen LogP contribution in [0.1, 0.15) is 36.8 Å². The Morgan fingerprint density at radius 3 is 3.00 bits per heavy atom. The predicted molar refractivity (Wildman–Crippen MR) is 75.8 cm³/mol. The minimum atomic E-state index is 0.571. The molecule has 0 aliphatic carbocycles. The van der Waals surface area contributed by atoms with E-state index in [1.807, 2.05) is 6.92 Å². The van der Waals surface area contributed by atoms with Crippen molar-refractivity contribution < 1.29 is 4.42 Å². The van der Waals surface area contributed by atoms with Gasteiger partial charge in [-0.1, -0.05) is 0 Å². The van der Waals surface area contributed by atoms with Crippen LogP contribution in [-0.4, -0.2) is 41.5 Å². The molecule has 2 aliphatic heterocycles. The van der Waals surface area contributed by atoms with Gasteiger partial charge in [-0.25, -0.2) is 0 Å². The Bertz CT molecular complexity index is 443. The minimum Gasteiger partial charge on any atom is -0.465 e. The highest BCUT2D eigenvalue weighted by atomic mass is 16.3. The lowest BCUT2D eigenvalue weighted by Crippen LogP contribution is -2.54. The lowest BCUT2D eigenvalue weighted by atomic mass is 10.1. The van der Waals surface area contributed by atoms with Gasteiger partial charge in [-0.2, -0.15) is 0 Å². The van der Waals surface area contributed by atoms with Gasteiger partial charge in [0.1, 0.15) is 11.5 Å². The Balaban J connectivity index is 1.68. The van der Waals surface area contributed by atoms with Gasteiger partial charge in [0.25, 0.3) is 0 Å². The van der Waals surface area contributed by atoms with E-state index >= 15 is 0 Å². The molecule has 1 aromatic rings. The van der Waals surface area contributed by atoms with Crippen LogP contribution in [0.5, 0.6) is 0 Å². The normalized spacial score (nSPS) is 28.8. The zero-order valence-corrected chi connectivity index (χ0v) is 12.1. The molecule has 2 saturated heterocycles. The molecule has 1 aromatic heterocycles. The van der Waals surface area contributed by atoms with E-state index in [9.17, 15) is 0 Å². The zero-order chi connectivity index (χ0) is 13.4. The molecule has 0 bridgehead atoms. The van der Waals surface area contributed by atoms with Gasteiger partial charge in [0, 0.05) is 37.3 Å². The van der Waals surface area contributed by atoms with E-state index in [1.165, 1.54) is 32.5 Å². The molecule has 0 aromatic carbocycles. The summed E-state index contributed by atoms with van der Waals surface area (Å²) in [5, 5.41) is 0. The number of nitrogens with zero attached hydrogens (tertiary/aromatic N) is 2. The third-order valence-corrected chi connectivity index (χ3v) is 4.72. The molecular formula is C15H25N3O. The van der Waals surface area contributed by atoms with Crippen molar-refractivity contribution in [2.75, 3.05) is 19.6 Å². The molecule has 0 saturated carbocycles. The second-order valence-electron chi connectivity index (χ2n) is 6.07. The molecule has 3 heterocycles. The maximum Gasteiger partial charge on any atom is 0.118 e. The Morgan fingerprint density at radius 1 is 1.42 bits per heavy atom. The van der Waals surface area contributed by atoms with Crippen LogP contribution < -0.4 is 5.73 Å². The fourth-order valence-corrected chi connectivity index (χ4v) is 3.54. The third-order valence-electron chi connectivity index (χ3n) is 4.72. The van der Waals surface area contributed by atoms with Crippen LogP contribution in [0.15, 0.2) is 10.5 Å². The van der Waals surface area contributed by atoms with Crippen LogP contribution in [0, 0.1) is 6.92 Å². The van der Waals surface area contributed by atoms with Gasteiger partial charge in [0.05, 0.1) is 6.54 Å². The second kappa shape index (κ2) is 5.27. The summed E-state index contributed by atoms with van der Waals surface area (Å²) in [6, 6.07) is 3.51. The van der Waals surface area contributed by atoms with Crippen molar-refractivity contribution in [1.82, 2.24) is 9.80 Å². The highest BCUT2D eigenvalue weighted by Crippen LogP contribution is 2.26. The molecule has 19 heavy (non-hydrogen) atoms. The monoisotopic (exact) mass is 263 g/mol. The molecule has 3 rings (SSSR count). The van der Waals surface area contributed by atoms with Crippen molar-refractivity contribution in [2.45, 2.75) is 51.9 Å². The van der Waals surface area contributed by atoms with Crippen LogP contribution in [0.2, 0.25) is 0 Å². The lowest BCUT2D eigenvalue weighted by Gasteiger charge is -2.41. The van der Waals surface area contributed by atoms with Gasteiger partial charge in [-0.05, 0) is 39.3 Å². The van der Waals surface area contributed by atoms with Gasteiger partial charge in [-0.3, -0.25) is 9.80 Å². The molecular weight excluding hydrogens is 238 g/mol. The fourth-order valence-electron chi connectivity index (χ4n) is 3.54. The average Bonchev–Trinajstić information content (AvgIpc) is 2.96. The Labute approximate surface area is 115 Å². The summed E-state index contributed by atoms with van der Waals surface area (Å²) in [4.78, 5) is 5.21. The SMILES string of the molecule is Cc1oc(CN2CC3CCCN3CC2C)cc1CN. The molecule has 0 radical (unpaired) electrons. The first kappa shape index (κ1) is 13.2. The van der Waals surface area contributed by atoms with Crippen LogP contribution in [0.4, 0.5) is 0 Å². The molecule has 2 aliphatic rings. The van der Waals surface area contributed by atoms with Crippen LogP contribution in [0.25, 0.3) is 0 Å². The summed E-state index contributed by atoms with van der Waals surface area (Å²) in [5.74, 6) is 2.04. The minimum absolute atomic E-state index is 0.571. The number of piperazine rings is 1. The molecule has 106 valence electrons. The molecule has 2 N–H and O–H groups in total. The number of furan rings is 1. The van der Waals surface area contributed by atoms with Crippen molar-refractivity contribution >= 4 is 0 Å². The van der Waals surface area contributed by atoms with Crippen molar-refractivity contribution in [2.24, 2.45) is 5.73 Å². The van der Waals surface area contributed by atoms with Gasteiger partial charge < -0.3 is 10.2 Å². The zero-order valence-electron chi connectivity index (χ0n) is 12.1. The number of hydrogen-bond acceptors (Lipinski definition) is 4. The van der Waals surface area contributed by atoms with E-state index in [4.69, 9.17) is 10.2 Å². The fraction of sp³-hybridized carbons (Fsp3) is 0.733. The van der Waals surface area contributed by atoms with E-state index in [0.717, 1.165) is 29.7 Å². The van der Waals surface area contributed by atoms with Crippen molar-refractivity contribution in [3.05, 3.63) is 23.2 Å². The van der Waals surface area contributed by atoms with E-state index < -0.39 is 0 Å². The number of fused-ring (bicyclic) bond motifs is 1. The average molecular weight is 263 g/mol. The van der Waals surface area contributed by atoms with Crippen LogP contribution in [0.3, 0.4) is 0 Å². The molecule has 4 heteroatoms. The molecule has 0 spiro atoms. The van der Waals surface area contributed by atoms with Gasteiger partial charge in [0.2, 0.25) is 0 Å². The molecule has 2 atom stereocenters. The van der Waals surface area contributed by atoms with Crippen LogP contribution in [-0.2, 0) is 13.1 Å². The van der Waals surface area contributed by atoms with Crippen molar-refractivity contribution in [3.63, 3.8) is 0 Å². The quantitative estimate of drug-likeness (QED) is 0.902. The van der Waals surface area contributed by atoms with E-state index in [1.54, 1.807) is 0 Å². The highest BCUT2D eigenvalue weighted by molar-refractivity contribution is 5.20. The van der Waals surface area contributed by atoms with E-state index in [2.05, 4.69) is 22.8 Å². The van der Waals surface area contributed by atoms with Crippen LogP contribution >= 0.6 is 0 Å². The molecule has 0 amide bonds. The standard InChI is InChI=1S/C15H25N3O/c1-11-8-17-5-3-4-14(17)9-18(11)10-15-6-13(7-16)12(2)19-15/h6,11,14H,3-5,7-10,16H2,1-2H3. The third kappa shape index (κ3) is 2.57. The number of rotatable bonds is 3. The van der Waals surface area contributed by atoms with Crippen molar-refractivity contribution in [3.8, 4) is 0 Å². The highest BCUT2D eigenvalue weighted by Gasteiger charge is 2.34. The lowest BCUT2D eigenvalue weighted by molar-refractivity contribution is 0.0492. The molecule has 2 fully saturated rings. The summed E-state index contributed by atoms with van der Waals surface area (Å²) < 4.78 is 5.83. The first-order valence-electron chi connectivity index (χ1n) is 7.43. The summed E-state index contributed by atoms with van der Waals surface area (Å²) in [6.07, 6.45) is 2.72. The Kier molecular flexibility index (Phi) is 3.65. The molecule has 4 nitrogen and oxygen atoms in total. The topological polar surface area (TPSA) is 45.6 Å². The van der Waals surface area contributed by atoms with Crippen molar-refractivity contribution in [1.29, 1.82) is 0 Å². The first-order chi connectivity index (χ1) is 9.17. The summed E-state index contributed by atoms with van der Waals surface area (Å²) in [7, 11) is 0. The second-order valence-corrected chi connectivity index (χ2v) is 6.07. The summed E-state index contributed by atoms with van der Waals surface area (Å²) in [6.45, 7) is 9.50. The number of hydrogen-bond donors (Lipinski definition) is 1. The van der Waals surface area contributed by atoms with Gasteiger partial charge in [0.15, 0.2) is 0 Å². The smallest absolute Gasteiger partial charge is 0.118 e. The first-order valence-corrected chi connectivity index (χ1v) is 7.43. The number of nitrogens with two attached hydrogens (primary N) is 1. The maximum absolute atomic E-state index is 5.83. The Hall–Kier alpha value is -0.840.